The topological polar surface area (TPSA) is 38.1 Å². The number of oxazole rings is 1. The van der Waals surface area contributed by atoms with Crippen LogP contribution in [0.15, 0.2) is 16.6 Å². The molecule has 16 heavy (non-hydrogen) atoms. The van der Waals surface area contributed by atoms with Crippen LogP contribution in [-0.2, 0) is 6.54 Å². The molecule has 2 aliphatic rings. The second-order valence-corrected chi connectivity index (χ2v) is 4.97. The zero-order valence-electron chi connectivity index (χ0n) is 9.86. The lowest BCUT2D eigenvalue weighted by atomic mass is 9.71. The standard InChI is InChI=1S/C13H18N2O/c1-8-9(2)16-13(15-8)7-14-12-6-10-4-3-5-11(10)12/h3,5,10-12,14H,4,6-7H2,1-2H3. The van der Waals surface area contributed by atoms with Gasteiger partial charge in [-0.2, -0.15) is 0 Å². The summed E-state index contributed by atoms with van der Waals surface area (Å²) in [5.74, 6) is 3.42. The second kappa shape index (κ2) is 3.74. The summed E-state index contributed by atoms with van der Waals surface area (Å²) in [5, 5.41) is 3.54. The highest BCUT2D eigenvalue weighted by atomic mass is 16.4. The van der Waals surface area contributed by atoms with Gasteiger partial charge < -0.3 is 9.73 Å². The number of aromatic nitrogens is 1. The summed E-state index contributed by atoms with van der Waals surface area (Å²) in [6.45, 7) is 4.71. The number of aryl methyl sites for hydroxylation is 2. The fourth-order valence-electron chi connectivity index (χ4n) is 2.78. The molecule has 86 valence electrons. The van der Waals surface area contributed by atoms with Gasteiger partial charge in [-0.3, -0.25) is 0 Å². The Morgan fingerprint density at radius 1 is 1.50 bits per heavy atom. The summed E-state index contributed by atoms with van der Waals surface area (Å²) in [4.78, 5) is 4.38. The SMILES string of the molecule is Cc1nc(CNC2CC3CC=CC32)oc1C. The van der Waals surface area contributed by atoms with Crippen molar-refractivity contribution < 1.29 is 4.42 Å². The van der Waals surface area contributed by atoms with Crippen molar-refractivity contribution in [2.24, 2.45) is 11.8 Å². The number of nitrogens with zero attached hydrogens (tertiary/aromatic N) is 1. The maximum absolute atomic E-state index is 5.55. The van der Waals surface area contributed by atoms with Crippen LogP contribution in [0.5, 0.6) is 0 Å². The Balaban J connectivity index is 1.55. The monoisotopic (exact) mass is 218 g/mol. The second-order valence-electron chi connectivity index (χ2n) is 4.97. The molecule has 1 fully saturated rings. The molecule has 3 nitrogen and oxygen atoms in total. The van der Waals surface area contributed by atoms with Gasteiger partial charge in [0.2, 0.25) is 5.89 Å². The number of allylic oxidation sites excluding steroid dienone is 1. The highest BCUT2D eigenvalue weighted by Crippen LogP contribution is 2.42. The van der Waals surface area contributed by atoms with Crippen LogP contribution in [0.1, 0.15) is 30.2 Å². The minimum atomic E-state index is 0.635. The van der Waals surface area contributed by atoms with Crippen molar-refractivity contribution >= 4 is 0 Å². The van der Waals surface area contributed by atoms with Crippen molar-refractivity contribution in [2.75, 3.05) is 0 Å². The number of hydrogen-bond donors (Lipinski definition) is 1. The summed E-state index contributed by atoms with van der Waals surface area (Å²) < 4.78 is 5.55. The minimum Gasteiger partial charge on any atom is -0.444 e. The minimum absolute atomic E-state index is 0.635. The molecule has 0 bridgehead atoms. The number of fused-ring (bicyclic) bond motifs is 1. The van der Waals surface area contributed by atoms with Crippen LogP contribution in [0.4, 0.5) is 0 Å². The summed E-state index contributed by atoms with van der Waals surface area (Å²) in [6, 6.07) is 0.635. The molecule has 0 amide bonds. The van der Waals surface area contributed by atoms with Crippen molar-refractivity contribution in [3.05, 3.63) is 29.5 Å². The zero-order chi connectivity index (χ0) is 11.1. The first-order valence-corrected chi connectivity index (χ1v) is 6.07. The summed E-state index contributed by atoms with van der Waals surface area (Å²) in [5.41, 5.74) is 1.00. The molecule has 0 aromatic carbocycles. The van der Waals surface area contributed by atoms with E-state index in [-0.39, 0.29) is 0 Å². The van der Waals surface area contributed by atoms with E-state index in [0.717, 1.165) is 35.7 Å². The van der Waals surface area contributed by atoms with E-state index in [1.54, 1.807) is 0 Å². The first kappa shape index (κ1) is 10.1. The van der Waals surface area contributed by atoms with Crippen LogP contribution in [0.2, 0.25) is 0 Å². The fourth-order valence-corrected chi connectivity index (χ4v) is 2.78. The Hall–Kier alpha value is -1.09. The highest BCUT2D eigenvalue weighted by Gasteiger charge is 2.40. The van der Waals surface area contributed by atoms with Gasteiger partial charge in [-0.1, -0.05) is 12.2 Å². The maximum Gasteiger partial charge on any atom is 0.208 e. The molecule has 0 aliphatic heterocycles. The third-order valence-corrected chi connectivity index (χ3v) is 3.95. The third-order valence-electron chi connectivity index (χ3n) is 3.95. The summed E-state index contributed by atoms with van der Waals surface area (Å²) in [6.07, 6.45) is 7.25. The number of hydrogen-bond acceptors (Lipinski definition) is 3. The van der Waals surface area contributed by atoms with Crippen LogP contribution < -0.4 is 5.32 Å². The molecule has 0 saturated heterocycles. The van der Waals surface area contributed by atoms with E-state index in [9.17, 15) is 0 Å². The van der Waals surface area contributed by atoms with Crippen LogP contribution >= 0.6 is 0 Å². The molecule has 1 aromatic heterocycles. The summed E-state index contributed by atoms with van der Waals surface area (Å²) in [7, 11) is 0. The van der Waals surface area contributed by atoms with E-state index in [1.807, 2.05) is 13.8 Å². The predicted octanol–water partition coefficient (Wildman–Crippen LogP) is 2.35. The van der Waals surface area contributed by atoms with Crippen molar-refractivity contribution in [3.8, 4) is 0 Å². The average molecular weight is 218 g/mol. The molecule has 1 aromatic rings. The number of nitrogens with one attached hydrogen (secondary N) is 1. The smallest absolute Gasteiger partial charge is 0.208 e. The lowest BCUT2D eigenvalue weighted by molar-refractivity contribution is 0.158. The first-order valence-electron chi connectivity index (χ1n) is 6.07. The molecule has 1 N–H and O–H groups in total. The van der Waals surface area contributed by atoms with Crippen molar-refractivity contribution in [2.45, 2.75) is 39.3 Å². The van der Waals surface area contributed by atoms with Gasteiger partial charge in [-0.05, 0) is 38.5 Å². The predicted molar refractivity (Wildman–Crippen MR) is 62.0 cm³/mol. The molecule has 0 spiro atoms. The Labute approximate surface area is 95.9 Å². The van der Waals surface area contributed by atoms with E-state index in [0.29, 0.717) is 6.04 Å². The number of rotatable bonds is 3. The Morgan fingerprint density at radius 2 is 2.38 bits per heavy atom. The van der Waals surface area contributed by atoms with Gasteiger partial charge in [0.15, 0.2) is 0 Å². The first-order chi connectivity index (χ1) is 7.74. The van der Waals surface area contributed by atoms with E-state index in [2.05, 4.69) is 22.5 Å². The van der Waals surface area contributed by atoms with Gasteiger partial charge in [0.25, 0.3) is 0 Å². The van der Waals surface area contributed by atoms with Gasteiger partial charge in [-0.15, -0.1) is 0 Å². The quantitative estimate of drug-likeness (QED) is 0.791. The van der Waals surface area contributed by atoms with E-state index < -0.39 is 0 Å². The molecule has 3 atom stereocenters. The van der Waals surface area contributed by atoms with Crippen LogP contribution in [-0.4, -0.2) is 11.0 Å². The molecule has 3 unspecified atom stereocenters. The Morgan fingerprint density at radius 3 is 3.06 bits per heavy atom. The molecule has 2 aliphatic carbocycles. The van der Waals surface area contributed by atoms with E-state index in [4.69, 9.17) is 4.42 Å². The van der Waals surface area contributed by atoms with E-state index >= 15 is 0 Å². The lowest BCUT2D eigenvalue weighted by Crippen LogP contribution is -2.47. The van der Waals surface area contributed by atoms with Crippen molar-refractivity contribution in [1.29, 1.82) is 0 Å². The fraction of sp³-hybridized carbons (Fsp3) is 0.615. The Bertz CT molecular complexity index is 402. The Kier molecular flexibility index (Phi) is 2.36. The van der Waals surface area contributed by atoms with Gasteiger partial charge in [-0.25, -0.2) is 4.98 Å². The largest absolute Gasteiger partial charge is 0.444 e. The van der Waals surface area contributed by atoms with E-state index in [1.165, 1.54) is 12.8 Å². The molecule has 0 radical (unpaired) electrons. The van der Waals surface area contributed by atoms with Gasteiger partial charge in [0.05, 0.1) is 12.2 Å². The van der Waals surface area contributed by atoms with Crippen LogP contribution in [0.25, 0.3) is 0 Å². The average Bonchev–Trinajstić information content (AvgIpc) is 2.73. The van der Waals surface area contributed by atoms with Gasteiger partial charge in [0.1, 0.15) is 5.76 Å². The van der Waals surface area contributed by atoms with Crippen molar-refractivity contribution in [1.82, 2.24) is 10.3 Å². The summed E-state index contributed by atoms with van der Waals surface area (Å²) >= 11 is 0. The molecule has 3 heteroatoms. The van der Waals surface area contributed by atoms with Crippen LogP contribution in [0.3, 0.4) is 0 Å². The molecule has 1 heterocycles. The van der Waals surface area contributed by atoms with Gasteiger partial charge >= 0.3 is 0 Å². The van der Waals surface area contributed by atoms with Gasteiger partial charge in [0, 0.05) is 6.04 Å². The molecular weight excluding hydrogens is 200 g/mol. The lowest BCUT2D eigenvalue weighted by Gasteiger charge is -2.40. The maximum atomic E-state index is 5.55. The molecule has 3 rings (SSSR count). The third kappa shape index (κ3) is 1.59. The molecular formula is C13H18N2O. The highest BCUT2D eigenvalue weighted by molar-refractivity contribution is 5.13. The molecule has 1 saturated carbocycles. The zero-order valence-corrected chi connectivity index (χ0v) is 9.86. The van der Waals surface area contributed by atoms with Crippen molar-refractivity contribution in [3.63, 3.8) is 0 Å². The van der Waals surface area contributed by atoms with Crippen LogP contribution in [0, 0.1) is 25.7 Å². The normalized spacial score (nSPS) is 31.5.